The predicted octanol–water partition coefficient (Wildman–Crippen LogP) is 3.10. The molecule has 0 saturated heterocycles. The van der Waals surface area contributed by atoms with Gasteiger partial charge in [-0.3, -0.25) is 0 Å². The van der Waals surface area contributed by atoms with Crippen molar-refractivity contribution >= 4 is 15.5 Å². The highest BCUT2D eigenvalue weighted by Crippen LogP contribution is 2.43. The van der Waals surface area contributed by atoms with Gasteiger partial charge in [0.1, 0.15) is 0 Å². The molecule has 3 nitrogen and oxygen atoms in total. The molecule has 108 valence electrons. The van der Waals surface area contributed by atoms with Crippen LogP contribution in [0.2, 0.25) is 0 Å². The van der Waals surface area contributed by atoms with Gasteiger partial charge in [0.25, 0.3) is 0 Å². The summed E-state index contributed by atoms with van der Waals surface area (Å²) in [5, 5.41) is 3.44. The van der Waals surface area contributed by atoms with Gasteiger partial charge in [-0.1, -0.05) is 19.1 Å². The maximum atomic E-state index is 11.7. The molecule has 0 radical (unpaired) electrons. The maximum absolute atomic E-state index is 11.7. The fourth-order valence-electron chi connectivity index (χ4n) is 3.33. The lowest BCUT2D eigenvalue weighted by atomic mass is 9.93. The van der Waals surface area contributed by atoms with Gasteiger partial charge in [0.15, 0.2) is 9.84 Å². The number of nitrogens with one attached hydrogen (secondary N) is 1. The van der Waals surface area contributed by atoms with E-state index in [-0.39, 0.29) is 5.75 Å². The normalized spacial score (nSPS) is 27.9. The molecule has 3 rings (SSSR count). The van der Waals surface area contributed by atoms with E-state index in [1.54, 1.807) is 19.1 Å². The number of allylic oxidation sites excluding steroid dienone is 2. The zero-order valence-corrected chi connectivity index (χ0v) is 12.6. The second-order valence-corrected chi connectivity index (χ2v) is 8.13. The summed E-state index contributed by atoms with van der Waals surface area (Å²) in [6, 6.07) is 7.13. The molecular weight excluding hydrogens is 270 g/mol. The summed E-state index contributed by atoms with van der Waals surface area (Å²) in [5.74, 6) is 2.41. The summed E-state index contributed by atoms with van der Waals surface area (Å²) >= 11 is 0. The lowest BCUT2D eigenvalue weighted by molar-refractivity contribution is 0.472. The van der Waals surface area contributed by atoms with Crippen molar-refractivity contribution in [2.45, 2.75) is 24.7 Å². The van der Waals surface area contributed by atoms with Gasteiger partial charge in [0, 0.05) is 12.2 Å². The Morgan fingerprint density at radius 3 is 2.45 bits per heavy atom. The van der Waals surface area contributed by atoms with Crippen LogP contribution in [0.3, 0.4) is 0 Å². The van der Waals surface area contributed by atoms with E-state index >= 15 is 0 Å². The fraction of sp³-hybridized carbons (Fsp3) is 0.500. The highest BCUT2D eigenvalue weighted by atomic mass is 32.2. The van der Waals surface area contributed by atoms with Crippen LogP contribution in [0.5, 0.6) is 0 Å². The largest absolute Gasteiger partial charge is 0.385 e. The fourth-order valence-corrected chi connectivity index (χ4v) is 4.21. The zero-order valence-electron chi connectivity index (χ0n) is 11.7. The summed E-state index contributed by atoms with van der Waals surface area (Å²) < 4.78 is 23.5. The number of hydrogen-bond donors (Lipinski definition) is 1. The van der Waals surface area contributed by atoms with E-state index in [1.165, 1.54) is 12.8 Å². The number of fused-ring (bicyclic) bond motifs is 2. The minimum atomic E-state index is -3.09. The lowest BCUT2D eigenvalue weighted by Crippen LogP contribution is -2.18. The first kappa shape index (κ1) is 13.7. The van der Waals surface area contributed by atoms with E-state index in [9.17, 15) is 8.42 Å². The van der Waals surface area contributed by atoms with Crippen molar-refractivity contribution in [1.82, 2.24) is 0 Å². The Morgan fingerprint density at radius 2 is 1.90 bits per heavy atom. The highest BCUT2D eigenvalue weighted by Gasteiger charge is 2.35. The number of hydrogen-bond acceptors (Lipinski definition) is 3. The molecule has 0 heterocycles. The Balaban J connectivity index is 1.60. The van der Waals surface area contributed by atoms with Gasteiger partial charge in [-0.05, 0) is 54.9 Å². The van der Waals surface area contributed by atoms with Gasteiger partial charge in [-0.15, -0.1) is 0 Å². The first-order valence-electron chi connectivity index (χ1n) is 7.33. The van der Waals surface area contributed by atoms with Gasteiger partial charge >= 0.3 is 0 Å². The molecule has 1 saturated carbocycles. The summed E-state index contributed by atoms with van der Waals surface area (Å²) in [4.78, 5) is 0.411. The van der Waals surface area contributed by atoms with E-state index in [1.807, 2.05) is 12.1 Å². The highest BCUT2D eigenvalue weighted by molar-refractivity contribution is 7.91. The van der Waals surface area contributed by atoms with Gasteiger partial charge < -0.3 is 5.32 Å². The van der Waals surface area contributed by atoms with Crippen molar-refractivity contribution in [1.29, 1.82) is 0 Å². The Hall–Kier alpha value is -1.29. The lowest BCUT2D eigenvalue weighted by Gasteiger charge is -2.19. The second-order valence-electron chi connectivity index (χ2n) is 5.85. The van der Waals surface area contributed by atoms with Crippen LogP contribution < -0.4 is 5.32 Å². The van der Waals surface area contributed by atoms with Crippen LogP contribution in [-0.4, -0.2) is 20.7 Å². The Labute approximate surface area is 121 Å². The minimum absolute atomic E-state index is 0.150. The summed E-state index contributed by atoms with van der Waals surface area (Å²) in [7, 11) is -3.09. The van der Waals surface area contributed by atoms with Crippen LogP contribution in [0.1, 0.15) is 19.8 Å². The molecule has 4 heteroatoms. The zero-order chi connectivity index (χ0) is 14.2. The molecule has 3 atom stereocenters. The third-order valence-corrected chi connectivity index (χ3v) is 6.33. The van der Waals surface area contributed by atoms with Crippen LogP contribution in [-0.2, 0) is 9.84 Å². The Bertz CT molecular complexity index is 604. The SMILES string of the molecule is CCS(=O)(=O)c1ccc(NCC2CC3C=CC2C3)cc1. The number of benzene rings is 1. The standard InChI is InChI=1S/C16H21NO2S/c1-2-20(18,19)16-7-5-15(6-8-16)17-11-14-10-12-3-4-13(14)9-12/h3-8,12-14,17H,2,9-11H2,1H3. The van der Waals surface area contributed by atoms with Crippen molar-refractivity contribution < 1.29 is 8.42 Å². The third kappa shape index (κ3) is 2.62. The molecule has 2 bridgehead atoms. The van der Waals surface area contributed by atoms with Crippen molar-refractivity contribution in [2.75, 3.05) is 17.6 Å². The average Bonchev–Trinajstić information content (AvgIpc) is 3.08. The first-order valence-corrected chi connectivity index (χ1v) is 8.99. The minimum Gasteiger partial charge on any atom is -0.385 e. The molecule has 1 aromatic rings. The van der Waals surface area contributed by atoms with Crippen LogP contribution in [0.25, 0.3) is 0 Å². The van der Waals surface area contributed by atoms with Gasteiger partial charge in [-0.25, -0.2) is 8.42 Å². The van der Waals surface area contributed by atoms with Crippen molar-refractivity contribution in [3.63, 3.8) is 0 Å². The molecule has 2 aliphatic carbocycles. The smallest absolute Gasteiger partial charge is 0.178 e. The molecule has 1 aromatic carbocycles. The number of rotatable bonds is 5. The van der Waals surface area contributed by atoms with Crippen LogP contribution in [0.4, 0.5) is 5.69 Å². The van der Waals surface area contributed by atoms with Crippen LogP contribution in [0, 0.1) is 17.8 Å². The molecule has 0 amide bonds. The van der Waals surface area contributed by atoms with Crippen molar-refractivity contribution in [3.05, 3.63) is 36.4 Å². The van der Waals surface area contributed by atoms with E-state index < -0.39 is 9.84 Å². The quantitative estimate of drug-likeness (QED) is 0.848. The second kappa shape index (κ2) is 5.24. The number of anilines is 1. The predicted molar refractivity (Wildman–Crippen MR) is 81.5 cm³/mol. The average molecular weight is 291 g/mol. The van der Waals surface area contributed by atoms with Crippen LogP contribution in [0.15, 0.2) is 41.3 Å². The topological polar surface area (TPSA) is 46.2 Å². The van der Waals surface area contributed by atoms with Gasteiger partial charge in [-0.2, -0.15) is 0 Å². The first-order chi connectivity index (χ1) is 9.58. The van der Waals surface area contributed by atoms with E-state index in [4.69, 9.17) is 0 Å². The molecule has 1 fully saturated rings. The molecule has 0 aromatic heterocycles. The van der Waals surface area contributed by atoms with E-state index in [2.05, 4.69) is 17.5 Å². The molecule has 0 spiro atoms. The summed E-state index contributed by atoms with van der Waals surface area (Å²) in [6.45, 7) is 2.65. The monoisotopic (exact) mass is 291 g/mol. The molecule has 1 N–H and O–H groups in total. The maximum Gasteiger partial charge on any atom is 0.178 e. The third-order valence-electron chi connectivity index (χ3n) is 4.58. The summed E-state index contributed by atoms with van der Waals surface area (Å²) in [5.41, 5.74) is 1.01. The molecule has 0 aliphatic heterocycles. The Kier molecular flexibility index (Phi) is 3.59. The molecule has 2 aliphatic rings. The van der Waals surface area contributed by atoms with Crippen molar-refractivity contribution in [2.24, 2.45) is 17.8 Å². The van der Waals surface area contributed by atoms with Crippen LogP contribution >= 0.6 is 0 Å². The van der Waals surface area contributed by atoms with Gasteiger partial charge in [0.05, 0.1) is 10.6 Å². The van der Waals surface area contributed by atoms with Crippen molar-refractivity contribution in [3.8, 4) is 0 Å². The Morgan fingerprint density at radius 1 is 1.15 bits per heavy atom. The van der Waals surface area contributed by atoms with E-state index in [0.717, 1.165) is 30.0 Å². The number of sulfone groups is 1. The van der Waals surface area contributed by atoms with E-state index in [0.29, 0.717) is 4.90 Å². The van der Waals surface area contributed by atoms with Gasteiger partial charge in [0.2, 0.25) is 0 Å². The summed E-state index contributed by atoms with van der Waals surface area (Å²) in [6.07, 6.45) is 7.32. The molecule has 3 unspecified atom stereocenters. The molecular formula is C16H21NO2S. The molecule has 20 heavy (non-hydrogen) atoms.